The Morgan fingerprint density at radius 3 is 2.69 bits per heavy atom. The lowest BCUT2D eigenvalue weighted by Crippen LogP contribution is -2.08. The van der Waals surface area contributed by atoms with Crippen LogP contribution >= 0.6 is 0 Å². The van der Waals surface area contributed by atoms with Crippen molar-refractivity contribution in [3.63, 3.8) is 0 Å². The van der Waals surface area contributed by atoms with Crippen molar-refractivity contribution >= 4 is 0 Å². The molecular formula is C11H16O2. The number of hydrogen-bond donors (Lipinski definition) is 0. The molecule has 1 aromatic carbocycles. The molecular weight excluding hydrogens is 164 g/mol. The van der Waals surface area contributed by atoms with Gasteiger partial charge in [-0.2, -0.15) is 0 Å². The van der Waals surface area contributed by atoms with Crippen LogP contribution in [-0.2, 0) is 11.2 Å². The van der Waals surface area contributed by atoms with E-state index in [2.05, 4.69) is 13.0 Å². The predicted molar refractivity (Wildman–Crippen MR) is 53.2 cm³/mol. The Morgan fingerprint density at radius 2 is 2.08 bits per heavy atom. The van der Waals surface area contributed by atoms with E-state index < -0.39 is 0 Å². The van der Waals surface area contributed by atoms with Crippen molar-refractivity contribution in [3.05, 3.63) is 29.8 Å². The Labute approximate surface area is 79.5 Å². The van der Waals surface area contributed by atoms with Gasteiger partial charge in [0.05, 0.1) is 13.2 Å². The van der Waals surface area contributed by atoms with Gasteiger partial charge in [0.1, 0.15) is 5.75 Å². The first-order valence-corrected chi connectivity index (χ1v) is 4.42. The molecule has 0 aliphatic heterocycles. The van der Waals surface area contributed by atoms with Crippen LogP contribution in [-0.4, -0.2) is 20.3 Å². The molecule has 0 saturated heterocycles. The number of rotatable bonds is 4. The van der Waals surface area contributed by atoms with E-state index in [4.69, 9.17) is 9.47 Å². The molecule has 0 aromatic heterocycles. The highest BCUT2D eigenvalue weighted by Crippen LogP contribution is 2.14. The molecule has 0 fully saturated rings. The zero-order chi connectivity index (χ0) is 9.68. The molecule has 0 N–H and O–H groups in total. The molecule has 2 heteroatoms. The van der Waals surface area contributed by atoms with Crippen molar-refractivity contribution in [2.24, 2.45) is 0 Å². The molecule has 0 amide bonds. The monoisotopic (exact) mass is 180 g/mol. The summed E-state index contributed by atoms with van der Waals surface area (Å²) in [6, 6.07) is 8.06. The fraction of sp³-hybridized carbons (Fsp3) is 0.455. The predicted octanol–water partition coefficient (Wildman–Crippen LogP) is 2.27. The van der Waals surface area contributed by atoms with Gasteiger partial charge in [-0.05, 0) is 31.0 Å². The number of hydrogen-bond acceptors (Lipinski definition) is 2. The summed E-state index contributed by atoms with van der Waals surface area (Å²) in [4.78, 5) is 0. The average Bonchev–Trinajstić information content (AvgIpc) is 2.18. The average molecular weight is 180 g/mol. The van der Waals surface area contributed by atoms with Crippen LogP contribution in [0.15, 0.2) is 24.3 Å². The van der Waals surface area contributed by atoms with Crippen LogP contribution in [0.2, 0.25) is 0 Å². The Kier molecular flexibility index (Phi) is 3.77. The van der Waals surface area contributed by atoms with Crippen molar-refractivity contribution in [1.29, 1.82) is 0 Å². The van der Waals surface area contributed by atoms with Crippen LogP contribution in [0.1, 0.15) is 12.5 Å². The molecule has 0 saturated carbocycles. The number of ether oxygens (including phenoxy) is 2. The lowest BCUT2D eigenvalue weighted by atomic mass is 10.1. The van der Waals surface area contributed by atoms with Gasteiger partial charge < -0.3 is 9.47 Å². The topological polar surface area (TPSA) is 18.5 Å². The highest BCUT2D eigenvalue weighted by Gasteiger charge is 2.01. The summed E-state index contributed by atoms with van der Waals surface area (Å²) in [5, 5.41) is 0. The van der Waals surface area contributed by atoms with E-state index in [1.807, 2.05) is 18.2 Å². The molecule has 2 nitrogen and oxygen atoms in total. The second-order valence-corrected chi connectivity index (χ2v) is 3.10. The van der Waals surface area contributed by atoms with Gasteiger partial charge in [-0.1, -0.05) is 12.1 Å². The summed E-state index contributed by atoms with van der Waals surface area (Å²) in [7, 11) is 3.41. The van der Waals surface area contributed by atoms with Crippen LogP contribution in [0.3, 0.4) is 0 Å². The molecule has 0 heterocycles. The zero-order valence-electron chi connectivity index (χ0n) is 8.41. The molecule has 0 aliphatic carbocycles. The SMILES string of the molecule is COc1cccc(C[C@H](C)OC)c1. The first-order valence-electron chi connectivity index (χ1n) is 4.42. The van der Waals surface area contributed by atoms with Crippen molar-refractivity contribution in [2.45, 2.75) is 19.4 Å². The Balaban J connectivity index is 2.66. The molecule has 0 spiro atoms. The second kappa shape index (κ2) is 4.87. The number of benzene rings is 1. The highest BCUT2D eigenvalue weighted by molar-refractivity contribution is 5.28. The van der Waals surface area contributed by atoms with E-state index in [1.54, 1.807) is 14.2 Å². The molecule has 13 heavy (non-hydrogen) atoms. The summed E-state index contributed by atoms with van der Waals surface area (Å²) in [5.41, 5.74) is 1.24. The minimum Gasteiger partial charge on any atom is -0.497 e. The fourth-order valence-electron chi connectivity index (χ4n) is 1.21. The van der Waals surface area contributed by atoms with Gasteiger partial charge in [0, 0.05) is 7.11 Å². The fourth-order valence-corrected chi connectivity index (χ4v) is 1.21. The molecule has 0 aliphatic rings. The summed E-state index contributed by atoms with van der Waals surface area (Å²) in [6.07, 6.45) is 1.18. The lowest BCUT2D eigenvalue weighted by molar-refractivity contribution is 0.119. The van der Waals surface area contributed by atoms with Gasteiger partial charge in [0.15, 0.2) is 0 Å². The summed E-state index contributed by atoms with van der Waals surface area (Å²) < 4.78 is 10.3. The summed E-state index contributed by atoms with van der Waals surface area (Å²) in [5.74, 6) is 0.904. The first-order chi connectivity index (χ1) is 6.26. The Morgan fingerprint density at radius 1 is 1.31 bits per heavy atom. The molecule has 1 rings (SSSR count). The molecule has 72 valence electrons. The minimum atomic E-state index is 0.257. The van der Waals surface area contributed by atoms with Crippen LogP contribution in [0.25, 0.3) is 0 Å². The molecule has 0 bridgehead atoms. The van der Waals surface area contributed by atoms with Crippen molar-refractivity contribution in [1.82, 2.24) is 0 Å². The van der Waals surface area contributed by atoms with Crippen LogP contribution in [0, 0.1) is 0 Å². The van der Waals surface area contributed by atoms with Gasteiger partial charge in [0.25, 0.3) is 0 Å². The standard InChI is InChI=1S/C11H16O2/c1-9(12-2)7-10-5-4-6-11(8-10)13-3/h4-6,8-9H,7H2,1-3H3/t9-/m0/s1. The largest absolute Gasteiger partial charge is 0.497 e. The smallest absolute Gasteiger partial charge is 0.119 e. The quantitative estimate of drug-likeness (QED) is 0.707. The van der Waals surface area contributed by atoms with E-state index in [1.165, 1.54) is 5.56 Å². The molecule has 1 aromatic rings. The first kappa shape index (κ1) is 10.1. The summed E-state index contributed by atoms with van der Waals surface area (Å²) >= 11 is 0. The lowest BCUT2D eigenvalue weighted by Gasteiger charge is -2.09. The van der Waals surface area contributed by atoms with Crippen LogP contribution in [0.4, 0.5) is 0 Å². The Hall–Kier alpha value is -1.02. The third-order valence-corrected chi connectivity index (χ3v) is 2.06. The van der Waals surface area contributed by atoms with E-state index >= 15 is 0 Å². The number of methoxy groups -OCH3 is 2. The maximum Gasteiger partial charge on any atom is 0.119 e. The van der Waals surface area contributed by atoms with Gasteiger partial charge in [0.2, 0.25) is 0 Å². The zero-order valence-corrected chi connectivity index (χ0v) is 8.41. The third-order valence-electron chi connectivity index (χ3n) is 2.06. The van der Waals surface area contributed by atoms with E-state index in [0.717, 1.165) is 12.2 Å². The minimum absolute atomic E-state index is 0.257. The van der Waals surface area contributed by atoms with Gasteiger partial charge in [-0.25, -0.2) is 0 Å². The van der Waals surface area contributed by atoms with Crippen LogP contribution < -0.4 is 4.74 Å². The van der Waals surface area contributed by atoms with Crippen molar-refractivity contribution in [2.75, 3.05) is 14.2 Å². The van der Waals surface area contributed by atoms with E-state index in [0.29, 0.717) is 0 Å². The third kappa shape index (κ3) is 3.07. The highest BCUT2D eigenvalue weighted by atomic mass is 16.5. The van der Waals surface area contributed by atoms with E-state index in [-0.39, 0.29) is 6.10 Å². The molecule has 1 atom stereocenters. The van der Waals surface area contributed by atoms with Crippen molar-refractivity contribution < 1.29 is 9.47 Å². The maximum atomic E-state index is 5.19. The molecule has 0 radical (unpaired) electrons. The van der Waals surface area contributed by atoms with Gasteiger partial charge >= 0.3 is 0 Å². The van der Waals surface area contributed by atoms with Gasteiger partial charge in [-0.15, -0.1) is 0 Å². The maximum absolute atomic E-state index is 5.19. The van der Waals surface area contributed by atoms with Crippen molar-refractivity contribution in [3.8, 4) is 5.75 Å². The normalized spacial score (nSPS) is 12.5. The summed E-state index contributed by atoms with van der Waals surface area (Å²) in [6.45, 7) is 2.06. The van der Waals surface area contributed by atoms with Crippen LogP contribution in [0.5, 0.6) is 5.75 Å². The van der Waals surface area contributed by atoms with E-state index in [9.17, 15) is 0 Å². The van der Waals surface area contributed by atoms with Gasteiger partial charge in [-0.3, -0.25) is 0 Å². The Bertz CT molecular complexity index is 258. The second-order valence-electron chi connectivity index (χ2n) is 3.10. The molecule has 0 unspecified atom stereocenters.